The molecule has 1 rings (SSSR count). The quantitative estimate of drug-likeness (QED) is 0.663. The topological polar surface area (TPSA) is 73.1 Å². The number of methoxy groups -OCH3 is 1. The molecule has 0 fully saturated rings. The van der Waals surface area contributed by atoms with Crippen LogP contribution < -0.4 is 11.1 Å². The molecule has 5 nitrogen and oxygen atoms in total. The zero-order valence-electron chi connectivity index (χ0n) is 7.60. The minimum atomic E-state index is 0.0849. The maximum Gasteiger partial charge on any atom is 0.144 e. The van der Waals surface area contributed by atoms with E-state index in [0.717, 1.165) is 5.82 Å². The highest BCUT2D eigenvalue weighted by Gasteiger charge is 2.05. The molecule has 3 N–H and O–H groups in total. The zero-order valence-corrected chi connectivity index (χ0v) is 7.60. The number of hydrogen-bond donors (Lipinski definition) is 2. The molecule has 0 amide bonds. The third kappa shape index (κ3) is 3.35. The second-order valence-corrected chi connectivity index (χ2v) is 2.62. The standard InChI is InChI=1S/C8H14N4O/c1-13-6-7(4-9)12-8-5-10-2-3-11-8/h2-3,5,7H,4,6,9H2,1H3,(H,11,12). The smallest absolute Gasteiger partial charge is 0.144 e. The monoisotopic (exact) mass is 182 g/mol. The Morgan fingerprint density at radius 3 is 3.00 bits per heavy atom. The molecular weight excluding hydrogens is 168 g/mol. The fourth-order valence-corrected chi connectivity index (χ4v) is 0.953. The van der Waals surface area contributed by atoms with Crippen molar-refractivity contribution < 1.29 is 4.74 Å². The van der Waals surface area contributed by atoms with Gasteiger partial charge in [0.1, 0.15) is 5.82 Å². The fourth-order valence-electron chi connectivity index (χ4n) is 0.953. The molecule has 1 heterocycles. The first-order chi connectivity index (χ1) is 6.36. The van der Waals surface area contributed by atoms with Crippen LogP contribution in [-0.4, -0.2) is 36.3 Å². The van der Waals surface area contributed by atoms with Gasteiger partial charge >= 0.3 is 0 Å². The minimum absolute atomic E-state index is 0.0849. The van der Waals surface area contributed by atoms with Crippen LogP contribution in [0.3, 0.4) is 0 Å². The van der Waals surface area contributed by atoms with Crippen molar-refractivity contribution in [3.63, 3.8) is 0 Å². The number of anilines is 1. The zero-order chi connectivity index (χ0) is 9.52. The van der Waals surface area contributed by atoms with Crippen LogP contribution in [0.25, 0.3) is 0 Å². The van der Waals surface area contributed by atoms with E-state index in [0.29, 0.717) is 13.2 Å². The summed E-state index contributed by atoms with van der Waals surface area (Å²) in [6, 6.07) is 0.0849. The van der Waals surface area contributed by atoms with Crippen LogP contribution in [0, 0.1) is 0 Å². The first-order valence-electron chi connectivity index (χ1n) is 4.08. The van der Waals surface area contributed by atoms with Gasteiger partial charge in [-0.2, -0.15) is 0 Å². The van der Waals surface area contributed by atoms with Gasteiger partial charge < -0.3 is 15.8 Å². The summed E-state index contributed by atoms with van der Waals surface area (Å²) >= 11 is 0. The van der Waals surface area contributed by atoms with Crippen molar-refractivity contribution in [2.75, 3.05) is 25.6 Å². The molecule has 0 aliphatic carbocycles. The van der Waals surface area contributed by atoms with Crippen LogP contribution in [0.4, 0.5) is 5.82 Å². The molecule has 13 heavy (non-hydrogen) atoms. The Balaban J connectivity index is 2.46. The molecule has 1 atom stereocenters. The van der Waals surface area contributed by atoms with Gasteiger partial charge in [0.15, 0.2) is 0 Å². The van der Waals surface area contributed by atoms with E-state index in [1.807, 2.05) is 0 Å². The lowest BCUT2D eigenvalue weighted by Gasteiger charge is -2.15. The summed E-state index contributed by atoms with van der Waals surface area (Å²) in [6.45, 7) is 1.07. The predicted molar refractivity (Wildman–Crippen MR) is 50.4 cm³/mol. The van der Waals surface area contributed by atoms with Gasteiger partial charge in [-0.3, -0.25) is 4.98 Å². The van der Waals surface area contributed by atoms with Crippen molar-refractivity contribution in [2.45, 2.75) is 6.04 Å². The van der Waals surface area contributed by atoms with Crippen molar-refractivity contribution >= 4 is 5.82 Å². The lowest BCUT2D eigenvalue weighted by molar-refractivity contribution is 0.187. The Labute approximate surface area is 77.3 Å². The molecule has 72 valence electrons. The van der Waals surface area contributed by atoms with Gasteiger partial charge in [-0.25, -0.2) is 4.98 Å². The van der Waals surface area contributed by atoms with E-state index in [4.69, 9.17) is 10.5 Å². The van der Waals surface area contributed by atoms with Gasteiger partial charge in [-0.15, -0.1) is 0 Å². The summed E-state index contributed by atoms with van der Waals surface area (Å²) in [5.41, 5.74) is 5.52. The van der Waals surface area contributed by atoms with Gasteiger partial charge in [0.2, 0.25) is 0 Å². The van der Waals surface area contributed by atoms with Crippen LogP contribution in [0.5, 0.6) is 0 Å². The van der Waals surface area contributed by atoms with Crippen molar-refractivity contribution in [3.05, 3.63) is 18.6 Å². The molecule has 0 spiro atoms. The third-order valence-corrected chi connectivity index (χ3v) is 1.57. The lowest BCUT2D eigenvalue weighted by Crippen LogP contribution is -2.33. The van der Waals surface area contributed by atoms with Crippen molar-refractivity contribution in [3.8, 4) is 0 Å². The number of nitrogens with two attached hydrogens (primary N) is 1. The molecule has 5 heteroatoms. The summed E-state index contributed by atoms with van der Waals surface area (Å²) in [5.74, 6) is 0.718. The van der Waals surface area contributed by atoms with Gasteiger partial charge in [-0.1, -0.05) is 0 Å². The maximum absolute atomic E-state index is 5.52. The summed E-state index contributed by atoms with van der Waals surface area (Å²) in [4.78, 5) is 7.99. The molecule has 0 saturated carbocycles. The van der Waals surface area contributed by atoms with Gasteiger partial charge in [0, 0.05) is 26.0 Å². The number of nitrogens with zero attached hydrogens (tertiary/aromatic N) is 2. The number of hydrogen-bond acceptors (Lipinski definition) is 5. The van der Waals surface area contributed by atoms with E-state index >= 15 is 0 Å². The van der Waals surface area contributed by atoms with Crippen LogP contribution >= 0.6 is 0 Å². The summed E-state index contributed by atoms with van der Waals surface area (Å²) in [6.07, 6.45) is 4.90. The van der Waals surface area contributed by atoms with E-state index in [2.05, 4.69) is 15.3 Å². The molecule has 0 saturated heterocycles. The number of nitrogens with one attached hydrogen (secondary N) is 1. The molecule has 0 bridgehead atoms. The molecular formula is C8H14N4O. The van der Waals surface area contributed by atoms with Gasteiger partial charge in [0.25, 0.3) is 0 Å². The van der Waals surface area contributed by atoms with Gasteiger partial charge in [-0.05, 0) is 0 Å². The average molecular weight is 182 g/mol. The summed E-state index contributed by atoms with van der Waals surface area (Å²) in [5, 5.41) is 3.11. The predicted octanol–water partition coefficient (Wildman–Crippen LogP) is -0.138. The highest BCUT2D eigenvalue weighted by atomic mass is 16.5. The van der Waals surface area contributed by atoms with Crippen LogP contribution in [0.2, 0.25) is 0 Å². The van der Waals surface area contributed by atoms with E-state index in [9.17, 15) is 0 Å². The Kier molecular flexibility index (Phi) is 4.14. The van der Waals surface area contributed by atoms with Crippen LogP contribution in [-0.2, 0) is 4.74 Å². The third-order valence-electron chi connectivity index (χ3n) is 1.57. The number of ether oxygens (including phenoxy) is 1. The highest BCUT2D eigenvalue weighted by Crippen LogP contribution is 1.99. The Hall–Kier alpha value is -1.20. The van der Waals surface area contributed by atoms with Gasteiger partial charge in [0.05, 0.1) is 18.8 Å². The Morgan fingerprint density at radius 2 is 2.46 bits per heavy atom. The summed E-state index contributed by atoms with van der Waals surface area (Å²) in [7, 11) is 1.64. The Morgan fingerprint density at radius 1 is 1.62 bits per heavy atom. The molecule has 1 aromatic rings. The largest absolute Gasteiger partial charge is 0.383 e. The van der Waals surface area contributed by atoms with Crippen molar-refractivity contribution in [2.24, 2.45) is 5.73 Å². The van der Waals surface area contributed by atoms with E-state index in [-0.39, 0.29) is 6.04 Å². The second-order valence-electron chi connectivity index (χ2n) is 2.62. The first kappa shape index (κ1) is 9.88. The molecule has 0 aromatic carbocycles. The molecule has 0 aliphatic heterocycles. The van der Waals surface area contributed by atoms with E-state index in [1.54, 1.807) is 25.7 Å². The first-order valence-corrected chi connectivity index (χ1v) is 4.08. The molecule has 1 unspecified atom stereocenters. The second kappa shape index (κ2) is 5.45. The fraction of sp³-hybridized carbons (Fsp3) is 0.500. The molecule has 0 aliphatic rings. The maximum atomic E-state index is 5.52. The van der Waals surface area contributed by atoms with Crippen LogP contribution in [0.1, 0.15) is 0 Å². The SMILES string of the molecule is COCC(CN)Nc1cnccn1. The summed E-state index contributed by atoms with van der Waals surface area (Å²) < 4.78 is 4.98. The number of aromatic nitrogens is 2. The normalized spacial score (nSPS) is 12.5. The highest BCUT2D eigenvalue weighted by molar-refractivity contribution is 5.31. The van der Waals surface area contributed by atoms with Crippen molar-refractivity contribution in [1.29, 1.82) is 0 Å². The minimum Gasteiger partial charge on any atom is -0.383 e. The van der Waals surface area contributed by atoms with E-state index in [1.165, 1.54) is 0 Å². The lowest BCUT2D eigenvalue weighted by atomic mass is 10.3. The van der Waals surface area contributed by atoms with Crippen LogP contribution in [0.15, 0.2) is 18.6 Å². The molecule has 0 radical (unpaired) electrons. The van der Waals surface area contributed by atoms with Crippen molar-refractivity contribution in [1.82, 2.24) is 9.97 Å². The molecule has 1 aromatic heterocycles. The Bertz CT molecular complexity index is 229. The van der Waals surface area contributed by atoms with E-state index < -0.39 is 0 Å². The average Bonchev–Trinajstić information content (AvgIpc) is 2.19. The number of rotatable bonds is 5.